The molecule has 118 valence electrons. The van der Waals surface area contributed by atoms with Crippen molar-refractivity contribution in [2.75, 3.05) is 6.61 Å². The first-order valence-corrected chi connectivity index (χ1v) is 7.68. The van der Waals surface area contributed by atoms with Crippen LogP contribution in [0.2, 0.25) is 0 Å². The summed E-state index contributed by atoms with van der Waals surface area (Å²) in [6, 6.07) is 8.80. The predicted molar refractivity (Wildman–Crippen MR) is 86.9 cm³/mol. The van der Waals surface area contributed by atoms with Gasteiger partial charge in [0.15, 0.2) is 5.76 Å². The van der Waals surface area contributed by atoms with E-state index >= 15 is 0 Å². The molecule has 0 atom stereocenters. The van der Waals surface area contributed by atoms with Crippen LogP contribution in [0.15, 0.2) is 45.3 Å². The van der Waals surface area contributed by atoms with E-state index in [1.54, 1.807) is 13.0 Å². The van der Waals surface area contributed by atoms with Gasteiger partial charge in [-0.25, -0.2) is 9.18 Å². The molecule has 0 aliphatic heterocycles. The number of carbonyl (C=O) groups is 1. The molecular weight excluding hydrogens is 367 g/mol. The molecule has 0 bridgehead atoms. The van der Waals surface area contributed by atoms with E-state index in [1.165, 1.54) is 30.3 Å². The highest BCUT2D eigenvalue weighted by atomic mass is 79.9. The lowest BCUT2D eigenvalue weighted by Crippen LogP contribution is -2.05. The third-order valence-corrected chi connectivity index (χ3v) is 3.82. The fraction of sp³-hybridized carbons (Fsp3) is 0.118. The van der Waals surface area contributed by atoms with Crippen LogP contribution in [0.5, 0.6) is 5.75 Å². The number of phenols is 1. The normalized spacial score (nSPS) is 10.9. The van der Waals surface area contributed by atoms with E-state index < -0.39 is 11.8 Å². The molecule has 1 N–H and O–H groups in total. The Morgan fingerprint density at radius 2 is 2.09 bits per heavy atom. The summed E-state index contributed by atoms with van der Waals surface area (Å²) in [6.07, 6.45) is 0. The van der Waals surface area contributed by atoms with Crippen molar-refractivity contribution in [2.24, 2.45) is 0 Å². The Bertz CT molecular complexity index is 901. The summed E-state index contributed by atoms with van der Waals surface area (Å²) in [5, 5.41) is 10.0. The zero-order valence-corrected chi connectivity index (χ0v) is 13.7. The molecule has 0 saturated heterocycles. The van der Waals surface area contributed by atoms with Crippen LogP contribution in [0, 0.1) is 5.82 Å². The average Bonchev–Trinajstić information content (AvgIpc) is 2.85. The molecule has 0 unspecified atom stereocenters. The number of phenolic OH excluding ortho intramolecular Hbond substituents is 1. The smallest absolute Gasteiger partial charge is 0.342 e. The first-order valence-electron chi connectivity index (χ1n) is 6.89. The maximum absolute atomic E-state index is 14.3. The molecule has 0 aliphatic carbocycles. The van der Waals surface area contributed by atoms with Gasteiger partial charge in [-0.2, -0.15) is 0 Å². The molecule has 0 amide bonds. The summed E-state index contributed by atoms with van der Waals surface area (Å²) in [7, 11) is 0. The number of furan rings is 1. The maximum Gasteiger partial charge on any atom is 0.342 e. The van der Waals surface area contributed by atoms with Crippen molar-refractivity contribution in [3.05, 3.63) is 52.3 Å². The van der Waals surface area contributed by atoms with Crippen molar-refractivity contribution < 1.29 is 23.4 Å². The fourth-order valence-corrected chi connectivity index (χ4v) is 2.69. The predicted octanol–water partition coefficient (Wildman–Crippen LogP) is 4.88. The van der Waals surface area contributed by atoms with Crippen LogP contribution in [0.1, 0.15) is 17.3 Å². The van der Waals surface area contributed by atoms with E-state index in [-0.39, 0.29) is 29.2 Å². The van der Waals surface area contributed by atoms with Crippen LogP contribution in [0.3, 0.4) is 0 Å². The minimum atomic E-state index is -0.630. The van der Waals surface area contributed by atoms with Crippen LogP contribution in [-0.2, 0) is 4.74 Å². The second-order valence-corrected chi connectivity index (χ2v) is 5.75. The number of hydrogen-bond donors (Lipinski definition) is 1. The quantitative estimate of drug-likeness (QED) is 0.659. The molecule has 0 radical (unpaired) electrons. The van der Waals surface area contributed by atoms with Crippen LogP contribution < -0.4 is 0 Å². The van der Waals surface area contributed by atoms with Gasteiger partial charge in [-0.3, -0.25) is 0 Å². The van der Waals surface area contributed by atoms with Gasteiger partial charge in [-0.15, -0.1) is 0 Å². The zero-order valence-electron chi connectivity index (χ0n) is 12.1. The van der Waals surface area contributed by atoms with E-state index in [0.717, 1.165) is 0 Å². The Morgan fingerprint density at radius 1 is 1.30 bits per heavy atom. The van der Waals surface area contributed by atoms with Gasteiger partial charge in [0.1, 0.15) is 22.7 Å². The second kappa shape index (κ2) is 6.04. The molecule has 2 aromatic carbocycles. The summed E-state index contributed by atoms with van der Waals surface area (Å²) in [5.74, 6) is -1.11. The van der Waals surface area contributed by atoms with Gasteiger partial charge in [0.05, 0.1) is 12.2 Å². The lowest BCUT2D eigenvalue weighted by atomic mass is 10.0. The molecule has 0 saturated carbocycles. The van der Waals surface area contributed by atoms with Crippen LogP contribution in [0.25, 0.3) is 22.3 Å². The van der Waals surface area contributed by atoms with E-state index in [9.17, 15) is 14.3 Å². The first-order chi connectivity index (χ1) is 11.0. The molecule has 1 heterocycles. The molecule has 0 aliphatic rings. The topological polar surface area (TPSA) is 59.7 Å². The number of rotatable bonds is 3. The van der Waals surface area contributed by atoms with E-state index in [4.69, 9.17) is 9.15 Å². The Balaban J connectivity index is 2.31. The summed E-state index contributed by atoms with van der Waals surface area (Å²) in [6.45, 7) is 1.85. The highest BCUT2D eigenvalue weighted by molar-refractivity contribution is 9.10. The highest BCUT2D eigenvalue weighted by Gasteiger charge is 2.25. The van der Waals surface area contributed by atoms with Crippen molar-refractivity contribution in [1.82, 2.24) is 0 Å². The first kappa shape index (κ1) is 15.6. The van der Waals surface area contributed by atoms with Crippen molar-refractivity contribution in [2.45, 2.75) is 6.92 Å². The summed E-state index contributed by atoms with van der Waals surface area (Å²) in [4.78, 5) is 12.3. The number of halogens is 2. The van der Waals surface area contributed by atoms with Crippen molar-refractivity contribution in [3.63, 3.8) is 0 Å². The second-order valence-electron chi connectivity index (χ2n) is 4.83. The van der Waals surface area contributed by atoms with Gasteiger partial charge in [-0.1, -0.05) is 15.9 Å². The van der Waals surface area contributed by atoms with E-state index in [2.05, 4.69) is 15.9 Å². The molecule has 0 fully saturated rings. The van der Waals surface area contributed by atoms with Crippen molar-refractivity contribution in [1.29, 1.82) is 0 Å². The Hall–Kier alpha value is -2.34. The van der Waals surface area contributed by atoms with Crippen LogP contribution in [-0.4, -0.2) is 17.7 Å². The van der Waals surface area contributed by atoms with Gasteiger partial charge >= 0.3 is 5.97 Å². The molecule has 3 aromatic rings. The molecule has 6 heteroatoms. The van der Waals surface area contributed by atoms with Crippen molar-refractivity contribution in [3.8, 4) is 17.1 Å². The van der Waals surface area contributed by atoms with Crippen LogP contribution >= 0.6 is 15.9 Å². The minimum absolute atomic E-state index is 0.0216. The summed E-state index contributed by atoms with van der Waals surface area (Å²) >= 11 is 3.19. The molecule has 4 nitrogen and oxygen atoms in total. The van der Waals surface area contributed by atoms with Gasteiger partial charge in [0.2, 0.25) is 0 Å². The number of fused-ring (bicyclic) bond motifs is 1. The van der Waals surface area contributed by atoms with Crippen molar-refractivity contribution >= 4 is 32.9 Å². The standard InChI is InChI=1S/C17H12BrFO4/c1-2-22-17(21)15-12-8-10(20)4-6-14(12)23-16(15)11-5-3-9(18)7-13(11)19/h3-8,20H,2H2,1H3. The third-order valence-electron chi connectivity index (χ3n) is 3.33. The average molecular weight is 379 g/mol. The van der Waals surface area contributed by atoms with Gasteiger partial charge in [0.25, 0.3) is 0 Å². The summed E-state index contributed by atoms with van der Waals surface area (Å²) in [5.41, 5.74) is 0.606. The number of benzene rings is 2. The maximum atomic E-state index is 14.3. The minimum Gasteiger partial charge on any atom is -0.508 e. The Kier molecular flexibility index (Phi) is 4.09. The number of hydrogen-bond acceptors (Lipinski definition) is 4. The van der Waals surface area contributed by atoms with E-state index in [0.29, 0.717) is 15.4 Å². The molecular formula is C17H12BrFO4. The highest BCUT2D eigenvalue weighted by Crippen LogP contribution is 2.37. The molecule has 1 aromatic heterocycles. The molecule has 3 rings (SSSR count). The van der Waals surface area contributed by atoms with E-state index in [1.807, 2.05) is 0 Å². The molecule has 23 heavy (non-hydrogen) atoms. The number of esters is 1. The van der Waals surface area contributed by atoms with Crippen LogP contribution in [0.4, 0.5) is 4.39 Å². The number of carbonyl (C=O) groups excluding carboxylic acids is 1. The molecule has 0 spiro atoms. The third kappa shape index (κ3) is 2.82. The number of ether oxygens (including phenoxy) is 1. The zero-order chi connectivity index (χ0) is 16.6. The number of aromatic hydroxyl groups is 1. The van der Waals surface area contributed by atoms with Gasteiger partial charge < -0.3 is 14.3 Å². The Morgan fingerprint density at radius 3 is 2.78 bits per heavy atom. The fourth-order valence-electron chi connectivity index (χ4n) is 2.35. The Labute approximate surface area is 139 Å². The van der Waals surface area contributed by atoms with Gasteiger partial charge in [0, 0.05) is 9.86 Å². The monoisotopic (exact) mass is 378 g/mol. The largest absolute Gasteiger partial charge is 0.508 e. The lowest BCUT2D eigenvalue weighted by Gasteiger charge is -2.05. The summed E-state index contributed by atoms with van der Waals surface area (Å²) < 4.78 is 25.6. The van der Waals surface area contributed by atoms with Gasteiger partial charge in [-0.05, 0) is 43.3 Å². The SMILES string of the molecule is CCOC(=O)c1c(-c2ccc(Br)cc2F)oc2ccc(O)cc12. The lowest BCUT2D eigenvalue weighted by molar-refractivity contribution is 0.0529.